The molecule has 6 nitrogen and oxygen atoms in total. The molecule has 1 atom stereocenters. The van der Waals surface area contributed by atoms with Crippen LogP contribution in [-0.4, -0.2) is 37.2 Å². The van der Waals surface area contributed by atoms with Crippen molar-refractivity contribution >= 4 is 17.9 Å². The highest BCUT2D eigenvalue weighted by atomic mass is 16.6. The Morgan fingerprint density at radius 1 is 0.250 bits per heavy atom. The fourth-order valence-electron chi connectivity index (χ4n) is 8.98. The van der Waals surface area contributed by atoms with E-state index in [2.05, 4.69) is 20.8 Å². The summed E-state index contributed by atoms with van der Waals surface area (Å²) in [6, 6.07) is 0. The molecule has 0 aliphatic heterocycles. The standard InChI is InChI=1S/C58H112O6/c1-4-7-10-13-16-19-22-25-27-28-29-30-31-34-36-39-42-45-48-51-57(60)63-54-55(53-62-56(59)50-47-44-41-38-35-32-24-21-18-15-12-9-6-3)64-58(61)52-49-46-43-40-37-33-26-23-20-17-14-11-8-5-2/h55H,4-54H2,1-3H3. The lowest BCUT2D eigenvalue weighted by Crippen LogP contribution is -2.30. The van der Waals surface area contributed by atoms with Crippen molar-refractivity contribution in [2.45, 2.75) is 341 Å². The molecule has 0 rings (SSSR count). The average Bonchev–Trinajstić information content (AvgIpc) is 3.29. The van der Waals surface area contributed by atoms with Crippen molar-refractivity contribution in [1.82, 2.24) is 0 Å². The minimum Gasteiger partial charge on any atom is -0.462 e. The highest BCUT2D eigenvalue weighted by Crippen LogP contribution is 2.18. The van der Waals surface area contributed by atoms with Crippen LogP contribution >= 0.6 is 0 Å². The predicted octanol–water partition coefficient (Wildman–Crippen LogP) is 19.2. The molecule has 0 aliphatic carbocycles. The third-order valence-electron chi connectivity index (χ3n) is 13.4. The number of ether oxygens (including phenoxy) is 3. The Morgan fingerprint density at radius 2 is 0.422 bits per heavy atom. The van der Waals surface area contributed by atoms with Crippen LogP contribution in [0.2, 0.25) is 0 Å². The maximum absolute atomic E-state index is 12.8. The first-order valence-corrected chi connectivity index (χ1v) is 29.0. The van der Waals surface area contributed by atoms with Gasteiger partial charge in [-0.25, -0.2) is 0 Å². The van der Waals surface area contributed by atoms with Gasteiger partial charge in [-0.15, -0.1) is 0 Å². The summed E-state index contributed by atoms with van der Waals surface area (Å²) < 4.78 is 16.9. The van der Waals surface area contributed by atoms with Crippen molar-refractivity contribution in [3.63, 3.8) is 0 Å². The average molecular weight is 906 g/mol. The molecule has 0 spiro atoms. The Bertz CT molecular complexity index is 951. The zero-order chi connectivity index (χ0) is 46.5. The van der Waals surface area contributed by atoms with Gasteiger partial charge in [-0.3, -0.25) is 14.4 Å². The highest BCUT2D eigenvalue weighted by molar-refractivity contribution is 5.71. The van der Waals surface area contributed by atoms with Crippen molar-refractivity contribution in [3.05, 3.63) is 0 Å². The molecule has 1 unspecified atom stereocenters. The molecule has 64 heavy (non-hydrogen) atoms. The molecule has 0 saturated heterocycles. The van der Waals surface area contributed by atoms with Gasteiger partial charge in [0, 0.05) is 19.3 Å². The van der Waals surface area contributed by atoms with Gasteiger partial charge in [0.15, 0.2) is 6.10 Å². The Labute approximate surface area is 399 Å². The normalized spacial score (nSPS) is 11.9. The summed E-state index contributed by atoms with van der Waals surface area (Å²) in [4.78, 5) is 38.1. The molecule has 0 aromatic carbocycles. The van der Waals surface area contributed by atoms with E-state index in [-0.39, 0.29) is 31.1 Å². The van der Waals surface area contributed by atoms with E-state index in [1.54, 1.807) is 0 Å². The van der Waals surface area contributed by atoms with Crippen LogP contribution in [0, 0.1) is 0 Å². The number of rotatable bonds is 54. The number of unbranched alkanes of at least 4 members (excludes halogenated alkanes) is 43. The molecular formula is C58H112O6. The minimum atomic E-state index is -0.760. The fraction of sp³-hybridized carbons (Fsp3) is 0.948. The number of carbonyl (C=O) groups excluding carboxylic acids is 3. The fourth-order valence-corrected chi connectivity index (χ4v) is 8.98. The molecule has 0 aromatic rings. The summed E-state index contributed by atoms with van der Waals surface area (Å²) in [6.07, 6.45) is 59.5. The second-order valence-electron chi connectivity index (χ2n) is 19.9. The van der Waals surface area contributed by atoms with E-state index in [4.69, 9.17) is 14.2 Å². The maximum atomic E-state index is 12.8. The van der Waals surface area contributed by atoms with E-state index in [9.17, 15) is 14.4 Å². The third-order valence-corrected chi connectivity index (χ3v) is 13.4. The second-order valence-corrected chi connectivity index (χ2v) is 19.9. The van der Waals surface area contributed by atoms with Crippen molar-refractivity contribution in [3.8, 4) is 0 Å². The Kier molecular flexibility index (Phi) is 52.7. The summed E-state index contributed by atoms with van der Waals surface area (Å²) in [5.41, 5.74) is 0. The molecule has 380 valence electrons. The first-order chi connectivity index (χ1) is 31.5. The lowest BCUT2D eigenvalue weighted by atomic mass is 10.0. The van der Waals surface area contributed by atoms with Gasteiger partial charge in [-0.2, -0.15) is 0 Å². The van der Waals surface area contributed by atoms with Crippen LogP contribution in [0.1, 0.15) is 335 Å². The van der Waals surface area contributed by atoms with Crippen LogP contribution < -0.4 is 0 Å². The molecule has 0 heterocycles. The van der Waals surface area contributed by atoms with Crippen molar-refractivity contribution in [2.24, 2.45) is 0 Å². The van der Waals surface area contributed by atoms with Crippen molar-refractivity contribution in [2.75, 3.05) is 13.2 Å². The largest absolute Gasteiger partial charge is 0.462 e. The molecule has 0 radical (unpaired) electrons. The molecule has 0 aromatic heterocycles. The lowest BCUT2D eigenvalue weighted by molar-refractivity contribution is -0.167. The molecule has 0 N–H and O–H groups in total. The molecule has 0 amide bonds. The Balaban J connectivity index is 4.26. The summed E-state index contributed by atoms with van der Waals surface area (Å²) in [6.45, 7) is 6.70. The second kappa shape index (κ2) is 54.0. The van der Waals surface area contributed by atoms with Crippen molar-refractivity contribution < 1.29 is 28.6 Å². The van der Waals surface area contributed by atoms with Gasteiger partial charge >= 0.3 is 17.9 Å². The van der Waals surface area contributed by atoms with Crippen LogP contribution in [0.5, 0.6) is 0 Å². The van der Waals surface area contributed by atoms with E-state index >= 15 is 0 Å². The van der Waals surface area contributed by atoms with Gasteiger partial charge in [0.2, 0.25) is 0 Å². The smallest absolute Gasteiger partial charge is 0.306 e. The number of carbonyl (C=O) groups is 3. The molecule has 0 bridgehead atoms. The molecule has 0 aliphatic rings. The highest BCUT2D eigenvalue weighted by Gasteiger charge is 2.19. The predicted molar refractivity (Wildman–Crippen MR) is 275 cm³/mol. The van der Waals surface area contributed by atoms with Crippen LogP contribution in [0.25, 0.3) is 0 Å². The van der Waals surface area contributed by atoms with Gasteiger partial charge in [-0.05, 0) is 19.3 Å². The molecular weight excluding hydrogens is 793 g/mol. The monoisotopic (exact) mass is 905 g/mol. The quantitative estimate of drug-likeness (QED) is 0.0344. The van der Waals surface area contributed by atoms with Gasteiger partial charge in [0.25, 0.3) is 0 Å². The van der Waals surface area contributed by atoms with Gasteiger partial charge < -0.3 is 14.2 Å². The van der Waals surface area contributed by atoms with Crippen LogP contribution in [0.4, 0.5) is 0 Å². The summed E-state index contributed by atoms with van der Waals surface area (Å²) in [5.74, 6) is -0.832. The van der Waals surface area contributed by atoms with Gasteiger partial charge in [-0.1, -0.05) is 297 Å². The Hall–Kier alpha value is -1.59. The van der Waals surface area contributed by atoms with E-state index in [1.807, 2.05) is 0 Å². The van der Waals surface area contributed by atoms with E-state index in [0.717, 1.165) is 57.8 Å². The van der Waals surface area contributed by atoms with Gasteiger partial charge in [0.1, 0.15) is 13.2 Å². The summed E-state index contributed by atoms with van der Waals surface area (Å²) >= 11 is 0. The SMILES string of the molecule is CCCCCCCCCCCCCCCCCCCCCC(=O)OCC(COC(=O)CCCCCCCCCCCCCCC)OC(=O)CCCCCCCCCCCCCCCC. The number of esters is 3. The van der Waals surface area contributed by atoms with Gasteiger partial charge in [0.05, 0.1) is 0 Å². The van der Waals surface area contributed by atoms with Crippen LogP contribution in [-0.2, 0) is 28.6 Å². The van der Waals surface area contributed by atoms with E-state index in [0.29, 0.717) is 19.3 Å². The molecule has 6 heteroatoms. The van der Waals surface area contributed by atoms with Crippen LogP contribution in [0.15, 0.2) is 0 Å². The van der Waals surface area contributed by atoms with E-state index in [1.165, 1.54) is 238 Å². The van der Waals surface area contributed by atoms with Crippen molar-refractivity contribution in [1.29, 1.82) is 0 Å². The maximum Gasteiger partial charge on any atom is 0.306 e. The third kappa shape index (κ3) is 51.4. The first-order valence-electron chi connectivity index (χ1n) is 29.0. The lowest BCUT2D eigenvalue weighted by Gasteiger charge is -2.18. The molecule has 0 fully saturated rings. The number of hydrogen-bond donors (Lipinski definition) is 0. The topological polar surface area (TPSA) is 78.9 Å². The van der Waals surface area contributed by atoms with Crippen LogP contribution in [0.3, 0.4) is 0 Å². The number of hydrogen-bond acceptors (Lipinski definition) is 6. The first kappa shape index (κ1) is 62.4. The zero-order valence-electron chi connectivity index (χ0n) is 43.6. The minimum absolute atomic E-state index is 0.0611. The van der Waals surface area contributed by atoms with E-state index < -0.39 is 6.10 Å². The Morgan fingerprint density at radius 3 is 0.625 bits per heavy atom. The zero-order valence-corrected chi connectivity index (χ0v) is 43.6. The molecule has 0 saturated carbocycles. The summed E-state index contributed by atoms with van der Waals surface area (Å²) in [7, 11) is 0. The summed E-state index contributed by atoms with van der Waals surface area (Å²) in [5, 5.41) is 0.